The zero-order valence-electron chi connectivity index (χ0n) is 12.6. The largest absolute Gasteiger partial charge is 0.496 e. The highest BCUT2D eigenvalue weighted by atomic mass is 16.5. The number of quaternary nitrogens is 1. The third kappa shape index (κ3) is 3.37. The zero-order chi connectivity index (χ0) is 14.5. The predicted molar refractivity (Wildman–Crippen MR) is 86.0 cm³/mol. The van der Waals surface area contributed by atoms with Crippen LogP contribution in [0.3, 0.4) is 0 Å². The molecule has 3 heteroatoms. The molecular weight excluding hydrogens is 260 g/mol. The Morgan fingerprint density at radius 1 is 0.952 bits per heavy atom. The molecule has 0 unspecified atom stereocenters. The fourth-order valence-corrected chi connectivity index (χ4v) is 3.02. The lowest BCUT2D eigenvalue weighted by Crippen LogP contribution is -3.13. The Labute approximate surface area is 126 Å². The van der Waals surface area contributed by atoms with Crippen molar-refractivity contribution in [2.45, 2.75) is 6.54 Å². The first-order valence-corrected chi connectivity index (χ1v) is 7.62. The number of benzene rings is 2. The maximum atomic E-state index is 5.45. The molecule has 21 heavy (non-hydrogen) atoms. The van der Waals surface area contributed by atoms with Gasteiger partial charge in [0.2, 0.25) is 0 Å². The number of piperazine rings is 1. The molecule has 2 aromatic rings. The van der Waals surface area contributed by atoms with E-state index in [2.05, 4.69) is 53.4 Å². The summed E-state index contributed by atoms with van der Waals surface area (Å²) >= 11 is 0. The maximum Gasteiger partial charge on any atom is 0.127 e. The predicted octanol–water partition coefficient (Wildman–Crippen LogP) is 1.60. The van der Waals surface area contributed by atoms with Crippen molar-refractivity contribution in [3.63, 3.8) is 0 Å². The van der Waals surface area contributed by atoms with Crippen LogP contribution >= 0.6 is 0 Å². The number of anilines is 1. The Morgan fingerprint density at radius 3 is 2.33 bits per heavy atom. The molecule has 1 N–H and O–H groups in total. The van der Waals surface area contributed by atoms with Gasteiger partial charge in [-0.25, -0.2) is 0 Å². The third-order valence-corrected chi connectivity index (χ3v) is 4.22. The van der Waals surface area contributed by atoms with Gasteiger partial charge in [0.25, 0.3) is 0 Å². The van der Waals surface area contributed by atoms with Crippen molar-refractivity contribution < 1.29 is 9.64 Å². The lowest BCUT2D eigenvalue weighted by Gasteiger charge is -2.33. The minimum absolute atomic E-state index is 1.01. The van der Waals surface area contributed by atoms with Gasteiger partial charge in [0.05, 0.1) is 33.3 Å². The summed E-state index contributed by atoms with van der Waals surface area (Å²) in [6, 6.07) is 19.1. The molecule has 0 spiro atoms. The Morgan fingerprint density at radius 2 is 1.62 bits per heavy atom. The van der Waals surface area contributed by atoms with Gasteiger partial charge in [0.15, 0.2) is 0 Å². The molecule has 0 aromatic heterocycles. The number of ether oxygens (including phenoxy) is 1. The summed E-state index contributed by atoms with van der Waals surface area (Å²) in [5, 5.41) is 0. The van der Waals surface area contributed by atoms with Gasteiger partial charge in [-0.15, -0.1) is 0 Å². The third-order valence-electron chi connectivity index (χ3n) is 4.22. The highest BCUT2D eigenvalue weighted by molar-refractivity contribution is 5.46. The Hall–Kier alpha value is -2.00. The number of rotatable bonds is 4. The van der Waals surface area contributed by atoms with Crippen molar-refractivity contribution in [3.05, 3.63) is 60.2 Å². The fourth-order valence-electron chi connectivity index (χ4n) is 3.02. The first-order chi connectivity index (χ1) is 10.4. The molecule has 0 bridgehead atoms. The number of methoxy groups -OCH3 is 1. The van der Waals surface area contributed by atoms with Crippen LogP contribution in [0.4, 0.5) is 5.69 Å². The molecule has 1 fully saturated rings. The summed E-state index contributed by atoms with van der Waals surface area (Å²) in [5.74, 6) is 1.01. The molecule has 1 heterocycles. The van der Waals surface area contributed by atoms with E-state index >= 15 is 0 Å². The van der Waals surface area contributed by atoms with E-state index in [1.54, 1.807) is 12.0 Å². The monoisotopic (exact) mass is 283 g/mol. The highest BCUT2D eigenvalue weighted by Crippen LogP contribution is 2.16. The smallest absolute Gasteiger partial charge is 0.127 e. The number of hydrogen-bond donors (Lipinski definition) is 1. The average molecular weight is 283 g/mol. The molecule has 0 aliphatic carbocycles. The Balaban J connectivity index is 1.59. The number of nitrogens with zero attached hydrogens (tertiary/aromatic N) is 1. The van der Waals surface area contributed by atoms with Crippen molar-refractivity contribution in [2.75, 3.05) is 38.2 Å². The van der Waals surface area contributed by atoms with E-state index in [1.807, 2.05) is 6.07 Å². The summed E-state index contributed by atoms with van der Waals surface area (Å²) in [6.07, 6.45) is 0. The quantitative estimate of drug-likeness (QED) is 0.918. The molecular formula is C18H23N2O+. The standard InChI is InChI=1S/C18H22N2O/c1-21-18-10-6-5-7-16(18)15-19-11-13-20(14-12-19)17-8-3-2-4-9-17/h2-10H,11-15H2,1H3/p+1. The highest BCUT2D eigenvalue weighted by Gasteiger charge is 2.21. The maximum absolute atomic E-state index is 5.45. The van der Waals surface area contributed by atoms with Gasteiger partial charge < -0.3 is 14.5 Å². The summed E-state index contributed by atoms with van der Waals surface area (Å²) in [5.41, 5.74) is 2.65. The van der Waals surface area contributed by atoms with E-state index in [1.165, 1.54) is 24.3 Å². The molecule has 1 aliphatic heterocycles. The van der Waals surface area contributed by atoms with E-state index in [0.29, 0.717) is 0 Å². The van der Waals surface area contributed by atoms with Crippen molar-refractivity contribution in [1.29, 1.82) is 0 Å². The molecule has 0 atom stereocenters. The summed E-state index contributed by atoms with van der Waals surface area (Å²) in [7, 11) is 1.75. The molecule has 0 radical (unpaired) electrons. The Kier molecular flexibility index (Phi) is 4.41. The fraction of sp³-hybridized carbons (Fsp3) is 0.333. The van der Waals surface area contributed by atoms with Crippen LogP contribution in [0.1, 0.15) is 5.56 Å². The van der Waals surface area contributed by atoms with Gasteiger partial charge in [-0.1, -0.05) is 30.3 Å². The van der Waals surface area contributed by atoms with Gasteiger partial charge in [-0.3, -0.25) is 0 Å². The van der Waals surface area contributed by atoms with Crippen LogP contribution < -0.4 is 14.5 Å². The van der Waals surface area contributed by atoms with Crippen LogP contribution in [0, 0.1) is 0 Å². The van der Waals surface area contributed by atoms with E-state index < -0.39 is 0 Å². The van der Waals surface area contributed by atoms with Crippen molar-refractivity contribution in [2.24, 2.45) is 0 Å². The SMILES string of the molecule is COc1ccccc1C[NH+]1CCN(c2ccccc2)CC1. The number of hydrogen-bond acceptors (Lipinski definition) is 2. The second-order valence-corrected chi connectivity index (χ2v) is 5.56. The number of para-hydroxylation sites is 2. The van der Waals surface area contributed by atoms with Crippen LogP contribution in [0.5, 0.6) is 5.75 Å². The van der Waals surface area contributed by atoms with Gasteiger partial charge >= 0.3 is 0 Å². The second-order valence-electron chi connectivity index (χ2n) is 5.56. The van der Waals surface area contributed by atoms with Crippen molar-refractivity contribution in [1.82, 2.24) is 0 Å². The summed E-state index contributed by atoms with van der Waals surface area (Å²) in [6.45, 7) is 5.63. The van der Waals surface area contributed by atoms with Crippen LogP contribution in [-0.4, -0.2) is 33.3 Å². The van der Waals surface area contributed by atoms with E-state index in [-0.39, 0.29) is 0 Å². The molecule has 2 aromatic carbocycles. The lowest BCUT2D eigenvalue weighted by molar-refractivity contribution is -0.914. The van der Waals surface area contributed by atoms with Gasteiger partial charge in [0.1, 0.15) is 12.3 Å². The summed E-state index contributed by atoms with van der Waals surface area (Å²) < 4.78 is 5.45. The average Bonchev–Trinajstić information content (AvgIpc) is 2.57. The van der Waals surface area contributed by atoms with E-state index in [4.69, 9.17) is 4.74 Å². The normalized spacial score (nSPS) is 16.0. The molecule has 110 valence electrons. The number of nitrogens with one attached hydrogen (secondary N) is 1. The molecule has 0 saturated carbocycles. The minimum Gasteiger partial charge on any atom is -0.496 e. The zero-order valence-corrected chi connectivity index (χ0v) is 12.6. The first kappa shape index (κ1) is 14.0. The molecule has 1 aliphatic rings. The van der Waals surface area contributed by atoms with Crippen LogP contribution in [0.25, 0.3) is 0 Å². The Bertz CT molecular complexity index is 562. The summed E-state index contributed by atoms with van der Waals surface area (Å²) in [4.78, 5) is 4.11. The second kappa shape index (κ2) is 6.64. The van der Waals surface area contributed by atoms with Crippen LogP contribution in [0.15, 0.2) is 54.6 Å². The molecule has 3 rings (SSSR count). The molecule has 1 saturated heterocycles. The van der Waals surface area contributed by atoms with E-state index in [0.717, 1.165) is 25.4 Å². The van der Waals surface area contributed by atoms with Crippen LogP contribution in [-0.2, 0) is 6.54 Å². The van der Waals surface area contributed by atoms with Crippen LogP contribution in [0.2, 0.25) is 0 Å². The topological polar surface area (TPSA) is 16.9 Å². The minimum atomic E-state index is 1.01. The van der Waals surface area contributed by atoms with Crippen molar-refractivity contribution >= 4 is 5.69 Å². The van der Waals surface area contributed by atoms with Gasteiger partial charge in [0, 0.05) is 11.3 Å². The van der Waals surface area contributed by atoms with Gasteiger partial charge in [-0.05, 0) is 24.3 Å². The van der Waals surface area contributed by atoms with Gasteiger partial charge in [-0.2, -0.15) is 0 Å². The first-order valence-electron chi connectivity index (χ1n) is 7.62. The van der Waals surface area contributed by atoms with Crippen molar-refractivity contribution in [3.8, 4) is 5.75 Å². The van der Waals surface area contributed by atoms with E-state index in [9.17, 15) is 0 Å². The molecule has 3 nitrogen and oxygen atoms in total. The lowest BCUT2D eigenvalue weighted by atomic mass is 10.1. The molecule has 0 amide bonds.